The molecule has 0 aliphatic heterocycles. The van der Waals surface area contributed by atoms with Crippen molar-refractivity contribution in [2.75, 3.05) is 14.1 Å². The summed E-state index contributed by atoms with van der Waals surface area (Å²) in [7, 11) is 3.72. The van der Waals surface area contributed by atoms with Crippen molar-refractivity contribution < 1.29 is 4.18 Å². The molecule has 0 atom stereocenters. The third-order valence-electron chi connectivity index (χ3n) is 1.30. The predicted octanol–water partition coefficient (Wildman–Crippen LogP) is 1.81. The molecule has 13 heavy (non-hydrogen) atoms. The summed E-state index contributed by atoms with van der Waals surface area (Å²) in [4.78, 5) is 0. The molecule has 1 N–H and O–H groups in total. The van der Waals surface area contributed by atoms with Crippen molar-refractivity contribution in [2.45, 2.75) is 0 Å². The monoisotopic (exact) mass is 218 g/mol. The normalized spacial score (nSPS) is 9.46. The Bertz CT molecular complexity index is 221. The van der Waals surface area contributed by atoms with Gasteiger partial charge in [-0.25, -0.2) is 5.43 Å². The molecule has 1 aromatic rings. The molecule has 5 heteroatoms. The summed E-state index contributed by atoms with van der Waals surface area (Å²) in [6.45, 7) is 0. The van der Waals surface area contributed by atoms with E-state index in [2.05, 4.69) is 5.43 Å². The van der Waals surface area contributed by atoms with Gasteiger partial charge in [0, 0.05) is 7.05 Å². The molecule has 0 spiro atoms. The van der Waals surface area contributed by atoms with Gasteiger partial charge in [-0.1, -0.05) is 18.2 Å². The molecule has 0 saturated heterocycles. The second-order valence-electron chi connectivity index (χ2n) is 2.19. The van der Waals surface area contributed by atoms with Crippen LogP contribution in [-0.2, 0) is 0 Å². The lowest BCUT2D eigenvalue weighted by atomic mass is 10.3. The van der Waals surface area contributed by atoms with E-state index in [4.69, 9.17) is 4.18 Å². The Morgan fingerprint density at radius 2 is 1.92 bits per heavy atom. The number of rotatable bonds is 4. The fourth-order valence-electron chi connectivity index (χ4n) is 0.612. The molecular formula is C8H14N2OS2. The minimum absolute atomic E-state index is 0. The zero-order valence-corrected chi connectivity index (χ0v) is 9.47. The third-order valence-corrected chi connectivity index (χ3v) is 1.98. The first kappa shape index (κ1) is 12.6. The van der Waals surface area contributed by atoms with Crippen LogP contribution in [0.3, 0.4) is 0 Å². The van der Waals surface area contributed by atoms with Gasteiger partial charge in [0.1, 0.15) is 5.75 Å². The zero-order chi connectivity index (χ0) is 8.81. The minimum Gasteiger partial charge on any atom is -0.409 e. The lowest BCUT2D eigenvalue weighted by molar-refractivity contribution is 0.433. The van der Waals surface area contributed by atoms with E-state index in [0.29, 0.717) is 0 Å². The van der Waals surface area contributed by atoms with Crippen LogP contribution in [-0.4, -0.2) is 18.5 Å². The molecule has 0 unspecified atom stereocenters. The molecule has 0 amide bonds. The van der Waals surface area contributed by atoms with E-state index in [9.17, 15) is 0 Å². The van der Waals surface area contributed by atoms with Crippen molar-refractivity contribution in [3.05, 3.63) is 30.3 Å². The highest BCUT2D eigenvalue weighted by Crippen LogP contribution is 2.15. The average Bonchev–Trinajstić information content (AvgIpc) is 2.16. The second kappa shape index (κ2) is 7.08. The molecule has 0 aliphatic carbocycles. The molecule has 74 valence electrons. The molecule has 0 fully saturated rings. The molecule has 0 heterocycles. The lowest BCUT2D eigenvalue weighted by Gasteiger charge is -2.12. The summed E-state index contributed by atoms with van der Waals surface area (Å²) in [5.74, 6) is 0.851. The Morgan fingerprint density at radius 3 is 2.46 bits per heavy atom. The summed E-state index contributed by atoms with van der Waals surface area (Å²) in [5, 5.41) is 0. The van der Waals surface area contributed by atoms with Gasteiger partial charge >= 0.3 is 0 Å². The van der Waals surface area contributed by atoms with Crippen molar-refractivity contribution in [1.82, 2.24) is 9.84 Å². The number of nitrogens with one attached hydrogen (secondary N) is 1. The Morgan fingerprint density at radius 1 is 1.31 bits per heavy atom. The average molecular weight is 218 g/mol. The zero-order valence-electron chi connectivity index (χ0n) is 7.65. The molecule has 0 saturated carbocycles. The van der Waals surface area contributed by atoms with Crippen LogP contribution < -0.4 is 9.61 Å². The van der Waals surface area contributed by atoms with Crippen molar-refractivity contribution in [1.29, 1.82) is 0 Å². The molecule has 1 rings (SSSR count). The topological polar surface area (TPSA) is 24.5 Å². The maximum atomic E-state index is 5.34. The smallest absolute Gasteiger partial charge is 0.161 e. The van der Waals surface area contributed by atoms with Crippen LogP contribution in [0.25, 0.3) is 0 Å². The van der Waals surface area contributed by atoms with Gasteiger partial charge in [-0.05, 0) is 19.2 Å². The number of hydrogen-bond acceptors (Lipinski definition) is 4. The van der Waals surface area contributed by atoms with E-state index in [1.807, 2.05) is 44.4 Å². The lowest BCUT2D eigenvalue weighted by Crippen LogP contribution is -2.24. The van der Waals surface area contributed by atoms with Gasteiger partial charge in [-0.15, -0.1) is 0 Å². The van der Waals surface area contributed by atoms with Gasteiger partial charge in [-0.3, -0.25) is 0 Å². The van der Waals surface area contributed by atoms with E-state index in [1.54, 1.807) is 4.41 Å². The van der Waals surface area contributed by atoms with Crippen molar-refractivity contribution >= 4 is 25.7 Å². The predicted molar refractivity (Wildman–Crippen MR) is 61.9 cm³/mol. The van der Waals surface area contributed by atoms with E-state index in [0.717, 1.165) is 5.75 Å². The van der Waals surface area contributed by atoms with Crippen LogP contribution in [0.1, 0.15) is 0 Å². The van der Waals surface area contributed by atoms with Crippen LogP contribution in [0.5, 0.6) is 5.75 Å². The molecule has 3 nitrogen and oxygen atoms in total. The number of para-hydroxylation sites is 1. The summed E-state index contributed by atoms with van der Waals surface area (Å²) >= 11 is 1.25. The first-order valence-electron chi connectivity index (χ1n) is 3.63. The maximum Gasteiger partial charge on any atom is 0.161 e. The molecule has 0 radical (unpaired) electrons. The van der Waals surface area contributed by atoms with Crippen LogP contribution in [0, 0.1) is 0 Å². The number of hydrogen-bond donors (Lipinski definition) is 1. The van der Waals surface area contributed by atoms with Crippen molar-refractivity contribution in [2.24, 2.45) is 0 Å². The quantitative estimate of drug-likeness (QED) is 0.473. The number of hydrazine groups is 1. The van der Waals surface area contributed by atoms with Gasteiger partial charge in [-0.2, -0.15) is 17.9 Å². The summed E-state index contributed by atoms with van der Waals surface area (Å²) in [6.07, 6.45) is 0. The molecule has 0 bridgehead atoms. The fourth-order valence-corrected chi connectivity index (χ4v) is 0.996. The van der Waals surface area contributed by atoms with Gasteiger partial charge in [0.15, 0.2) is 12.2 Å². The molecule has 0 aliphatic rings. The Kier molecular flexibility index (Phi) is 6.89. The highest BCUT2D eigenvalue weighted by Gasteiger charge is 1.96. The van der Waals surface area contributed by atoms with E-state index in [1.165, 1.54) is 12.2 Å². The Balaban J connectivity index is 0.00000144. The van der Waals surface area contributed by atoms with Crippen LogP contribution in [0.15, 0.2) is 30.3 Å². The summed E-state index contributed by atoms with van der Waals surface area (Å²) in [5.41, 5.74) is 2.91. The first-order chi connectivity index (χ1) is 5.83. The SMILES string of the molecule is CNN(C)SOc1ccccc1.S. The molecule has 0 aromatic heterocycles. The standard InChI is InChI=1S/C8H12N2OS.H2S/c1-9-10(2)12-11-8-6-4-3-5-7-8;/h3-7,9H,1-2H3;1H2. The minimum atomic E-state index is 0. The molecule has 1 aromatic carbocycles. The fraction of sp³-hybridized carbons (Fsp3) is 0.250. The Hall–Kier alpha value is -0.360. The van der Waals surface area contributed by atoms with E-state index in [-0.39, 0.29) is 13.5 Å². The largest absolute Gasteiger partial charge is 0.409 e. The van der Waals surface area contributed by atoms with Crippen LogP contribution >= 0.6 is 25.7 Å². The van der Waals surface area contributed by atoms with E-state index >= 15 is 0 Å². The molecular weight excluding hydrogens is 204 g/mol. The number of nitrogens with zero attached hydrogens (tertiary/aromatic N) is 1. The highest BCUT2D eigenvalue weighted by atomic mass is 32.2. The van der Waals surface area contributed by atoms with Gasteiger partial charge in [0.2, 0.25) is 0 Å². The Labute approximate surface area is 90.2 Å². The third kappa shape index (κ3) is 5.05. The van der Waals surface area contributed by atoms with Crippen LogP contribution in [0.4, 0.5) is 0 Å². The van der Waals surface area contributed by atoms with Gasteiger partial charge in [0.05, 0.1) is 0 Å². The van der Waals surface area contributed by atoms with Crippen LogP contribution in [0.2, 0.25) is 0 Å². The second-order valence-corrected chi connectivity index (χ2v) is 3.06. The summed E-state index contributed by atoms with van der Waals surface area (Å²) < 4.78 is 7.11. The van der Waals surface area contributed by atoms with Crippen molar-refractivity contribution in [3.63, 3.8) is 0 Å². The summed E-state index contributed by atoms with van der Waals surface area (Å²) in [6, 6.07) is 9.66. The van der Waals surface area contributed by atoms with Crippen molar-refractivity contribution in [3.8, 4) is 5.75 Å². The first-order valence-corrected chi connectivity index (χ1v) is 4.33. The van der Waals surface area contributed by atoms with E-state index < -0.39 is 0 Å². The highest BCUT2D eigenvalue weighted by molar-refractivity contribution is 7.92. The van der Waals surface area contributed by atoms with Gasteiger partial charge in [0.25, 0.3) is 0 Å². The maximum absolute atomic E-state index is 5.34. The van der Waals surface area contributed by atoms with Gasteiger partial charge < -0.3 is 4.18 Å². The number of benzene rings is 1.